The molecule has 1 aromatic rings. The van der Waals surface area contributed by atoms with Gasteiger partial charge in [-0.25, -0.2) is 0 Å². The number of aryl methyl sites for hydroxylation is 1. The fraction of sp³-hybridized carbons (Fsp3) is 0.815. The molecule has 3 heteroatoms. The van der Waals surface area contributed by atoms with E-state index in [0.29, 0.717) is 16.7 Å². The first-order valence-electron chi connectivity index (χ1n) is 12.7. The lowest BCUT2D eigenvalue weighted by atomic mass is 9.44. The van der Waals surface area contributed by atoms with Crippen LogP contribution in [0.15, 0.2) is 24.5 Å². The van der Waals surface area contributed by atoms with E-state index in [1.165, 1.54) is 50.5 Å². The highest BCUT2D eigenvalue weighted by molar-refractivity contribution is 5.12. The predicted molar refractivity (Wildman–Crippen MR) is 120 cm³/mol. The van der Waals surface area contributed by atoms with Gasteiger partial charge in [0.15, 0.2) is 0 Å². The average molecular weight is 412 g/mol. The van der Waals surface area contributed by atoms with Crippen molar-refractivity contribution < 1.29 is 10.2 Å². The molecule has 2 N–H and O–H groups in total. The average Bonchev–Trinajstić information content (AvgIpc) is 3.10. The molecule has 166 valence electrons. The molecule has 1 unspecified atom stereocenters. The Kier molecular flexibility index (Phi) is 5.51. The summed E-state index contributed by atoms with van der Waals surface area (Å²) in [6.45, 7) is 5.09. The van der Waals surface area contributed by atoms with Gasteiger partial charge < -0.3 is 10.2 Å². The molecule has 4 fully saturated rings. The van der Waals surface area contributed by atoms with Gasteiger partial charge in [0.2, 0.25) is 0 Å². The van der Waals surface area contributed by atoms with E-state index in [0.717, 1.165) is 49.4 Å². The van der Waals surface area contributed by atoms with Crippen molar-refractivity contribution in [3.63, 3.8) is 0 Å². The van der Waals surface area contributed by atoms with Gasteiger partial charge in [-0.2, -0.15) is 0 Å². The molecular weight excluding hydrogens is 370 g/mol. The number of aliphatic hydroxyl groups is 2. The topological polar surface area (TPSA) is 53.4 Å². The predicted octanol–water partition coefficient (Wildman–Crippen LogP) is 5.39. The second-order valence-corrected chi connectivity index (χ2v) is 11.8. The van der Waals surface area contributed by atoms with Crippen LogP contribution in [0, 0.1) is 40.4 Å². The smallest absolute Gasteiger partial charge is 0.0576 e. The summed E-state index contributed by atoms with van der Waals surface area (Å²) in [4.78, 5) is 4.23. The number of hydrogen-bond donors (Lipinski definition) is 2. The molecule has 0 aromatic carbocycles. The van der Waals surface area contributed by atoms with Crippen LogP contribution in [0.2, 0.25) is 0 Å². The number of aromatic nitrogens is 1. The maximum Gasteiger partial charge on any atom is 0.0576 e. The van der Waals surface area contributed by atoms with Gasteiger partial charge in [-0.15, -0.1) is 0 Å². The van der Waals surface area contributed by atoms with Crippen molar-refractivity contribution in [1.82, 2.24) is 4.98 Å². The first-order valence-corrected chi connectivity index (χ1v) is 12.7. The molecule has 30 heavy (non-hydrogen) atoms. The van der Waals surface area contributed by atoms with Crippen LogP contribution in [0.1, 0.15) is 83.6 Å². The number of rotatable bonds is 4. The monoisotopic (exact) mass is 411 g/mol. The summed E-state index contributed by atoms with van der Waals surface area (Å²) in [5.74, 6) is 3.66. The standard InChI is InChI=1S/C27H41NO2/c1-26-13-11-20(29)16-19(26)6-7-21-22-8-9-24(27(22,2)14-12-23(21)26)25(30)10-5-18-4-3-15-28-17-18/h3-4,15,17,19-25,29-30H,5-14,16H2,1-2H3/t19?,20-,21-,22-,23-,24+,25+,26-,27-/m0/s1. The zero-order valence-corrected chi connectivity index (χ0v) is 19.0. The second-order valence-electron chi connectivity index (χ2n) is 11.8. The van der Waals surface area contributed by atoms with Crippen LogP contribution in [-0.4, -0.2) is 27.4 Å². The van der Waals surface area contributed by atoms with Gasteiger partial charge in [0, 0.05) is 12.4 Å². The van der Waals surface area contributed by atoms with Crippen molar-refractivity contribution in [1.29, 1.82) is 0 Å². The van der Waals surface area contributed by atoms with Crippen LogP contribution < -0.4 is 0 Å². The summed E-state index contributed by atoms with van der Waals surface area (Å²) >= 11 is 0. The molecule has 4 saturated carbocycles. The Bertz CT molecular complexity index is 738. The fourth-order valence-electron chi connectivity index (χ4n) is 8.97. The number of nitrogens with zero attached hydrogens (tertiary/aromatic N) is 1. The van der Waals surface area contributed by atoms with E-state index in [-0.39, 0.29) is 12.2 Å². The Morgan fingerprint density at radius 3 is 2.63 bits per heavy atom. The third-order valence-corrected chi connectivity index (χ3v) is 10.6. The molecule has 4 aliphatic carbocycles. The highest BCUT2D eigenvalue weighted by atomic mass is 16.3. The van der Waals surface area contributed by atoms with Crippen LogP contribution in [0.5, 0.6) is 0 Å². The van der Waals surface area contributed by atoms with Crippen molar-refractivity contribution in [2.75, 3.05) is 0 Å². The molecular formula is C27H41NO2. The molecule has 4 aliphatic rings. The van der Waals surface area contributed by atoms with E-state index < -0.39 is 0 Å². The summed E-state index contributed by atoms with van der Waals surface area (Å²) in [6.07, 6.45) is 16.4. The summed E-state index contributed by atoms with van der Waals surface area (Å²) in [5, 5.41) is 21.5. The van der Waals surface area contributed by atoms with E-state index in [4.69, 9.17) is 0 Å². The van der Waals surface area contributed by atoms with Gasteiger partial charge in [-0.1, -0.05) is 19.9 Å². The Morgan fingerprint density at radius 1 is 1.03 bits per heavy atom. The summed E-state index contributed by atoms with van der Waals surface area (Å²) in [7, 11) is 0. The third-order valence-electron chi connectivity index (χ3n) is 10.6. The van der Waals surface area contributed by atoms with Crippen molar-refractivity contribution in [2.24, 2.45) is 40.4 Å². The molecule has 3 nitrogen and oxygen atoms in total. The number of hydrogen-bond acceptors (Lipinski definition) is 3. The number of fused-ring (bicyclic) bond motifs is 5. The fourth-order valence-corrected chi connectivity index (χ4v) is 8.97. The molecule has 1 aromatic heterocycles. The Labute approximate surface area is 182 Å². The molecule has 0 bridgehead atoms. The first-order chi connectivity index (χ1) is 14.4. The quantitative estimate of drug-likeness (QED) is 0.698. The molecule has 0 radical (unpaired) electrons. The molecule has 0 saturated heterocycles. The van der Waals surface area contributed by atoms with E-state index in [1.54, 1.807) is 0 Å². The van der Waals surface area contributed by atoms with Crippen molar-refractivity contribution in [3.05, 3.63) is 30.1 Å². The molecule has 0 amide bonds. The minimum atomic E-state index is -0.187. The minimum Gasteiger partial charge on any atom is -0.393 e. The maximum absolute atomic E-state index is 11.2. The minimum absolute atomic E-state index is 0.0562. The summed E-state index contributed by atoms with van der Waals surface area (Å²) in [5.41, 5.74) is 2.00. The van der Waals surface area contributed by atoms with Gasteiger partial charge in [0.1, 0.15) is 0 Å². The Hall–Kier alpha value is -0.930. The van der Waals surface area contributed by atoms with Gasteiger partial charge in [-0.3, -0.25) is 4.98 Å². The maximum atomic E-state index is 11.2. The van der Waals surface area contributed by atoms with Gasteiger partial charge in [-0.05, 0) is 123 Å². The highest BCUT2D eigenvalue weighted by Crippen LogP contribution is 2.67. The molecule has 9 atom stereocenters. The lowest BCUT2D eigenvalue weighted by Gasteiger charge is -2.61. The van der Waals surface area contributed by atoms with E-state index in [1.807, 2.05) is 18.5 Å². The first kappa shape index (κ1) is 20.9. The third kappa shape index (κ3) is 3.35. The lowest BCUT2D eigenvalue weighted by molar-refractivity contribution is -0.133. The molecule has 0 spiro atoms. The number of pyridine rings is 1. The van der Waals surface area contributed by atoms with Crippen LogP contribution in [0.3, 0.4) is 0 Å². The SMILES string of the molecule is C[C@]12CC[C@H]3[C@@H](CCC4C[C@@H](O)CC[C@@]43C)[C@@H]1CC[C@@H]2[C@H](O)CCc1cccnc1. The van der Waals surface area contributed by atoms with Gasteiger partial charge in [0.05, 0.1) is 12.2 Å². The van der Waals surface area contributed by atoms with E-state index in [2.05, 4.69) is 24.9 Å². The van der Waals surface area contributed by atoms with Crippen LogP contribution in [-0.2, 0) is 6.42 Å². The van der Waals surface area contributed by atoms with Gasteiger partial charge >= 0.3 is 0 Å². The molecule has 1 heterocycles. The Morgan fingerprint density at radius 2 is 1.83 bits per heavy atom. The van der Waals surface area contributed by atoms with Gasteiger partial charge in [0.25, 0.3) is 0 Å². The van der Waals surface area contributed by atoms with Crippen LogP contribution >= 0.6 is 0 Å². The number of aliphatic hydroxyl groups excluding tert-OH is 2. The van der Waals surface area contributed by atoms with Crippen molar-refractivity contribution >= 4 is 0 Å². The van der Waals surface area contributed by atoms with Crippen molar-refractivity contribution in [3.8, 4) is 0 Å². The lowest BCUT2D eigenvalue weighted by Crippen LogP contribution is -2.54. The molecule has 0 aliphatic heterocycles. The summed E-state index contributed by atoms with van der Waals surface area (Å²) < 4.78 is 0. The molecule has 5 rings (SSSR count). The summed E-state index contributed by atoms with van der Waals surface area (Å²) in [6, 6.07) is 4.13. The highest BCUT2D eigenvalue weighted by Gasteiger charge is 2.60. The Balaban J connectivity index is 1.29. The van der Waals surface area contributed by atoms with Crippen LogP contribution in [0.25, 0.3) is 0 Å². The largest absolute Gasteiger partial charge is 0.393 e. The van der Waals surface area contributed by atoms with Crippen LogP contribution in [0.4, 0.5) is 0 Å². The second kappa shape index (κ2) is 7.89. The van der Waals surface area contributed by atoms with E-state index in [9.17, 15) is 10.2 Å². The normalized spacial score (nSPS) is 46.5. The van der Waals surface area contributed by atoms with Crippen molar-refractivity contribution in [2.45, 2.75) is 96.7 Å². The zero-order chi connectivity index (χ0) is 20.9. The zero-order valence-electron chi connectivity index (χ0n) is 19.0. The van der Waals surface area contributed by atoms with E-state index >= 15 is 0 Å².